The highest BCUT2D eigenvalue weighted by Gasteiger charge is 2.38. The number of urea groups is 1. The fourth-order valence-corrected chi connectivity index (χ4v) is 3.31. The van der Waals surface area contributed by atoms with Crippen molar-refractivity contribution in [3.05, 3.63) is 22.4 Å². The Hall–Kier alpha value is -1.77. The van der Waals surface area contributed by atoms with Gasteiger partial charge >= 0.3 is 12.2 Å². The average Bonchev–Trinajstić information content (AvgIpc) is 2.98. The number of halogens is 3. The van der Waals surface area contributed by atoms with Gasteiger partial charge in [0.15, 0.2) is 0 Å². The first-order valence-electron chi connectivity index (χ1n) is 7.17. The number of hydrogen-bond acceptors (Lipinski definition) is 3. The van der Waals surface area contributed by atoms with E-state index in [-0.39, 0.29) is 19.0 Å². The normalized spacial score (nSPS) is 19.7. The Morgan fingerprint density at radius 1 is 1.52 bits per heavy atom. The van der Waals surface area contributed by atoms with Crippen LogP contribution in [0.1, 0.15) is 18.2 Å². The van der Waals surface area contributed by atoms with Crippen LogP contribution in [0.5, 0.6) is 0 Å². The maximum atomic E-state index is 12.3. The fraction of sp³-hybridized carbons (Fsp3) is 0.571. The highest BCUT2D eigenvalue weighted by Crippen LogP contribution is 2.20. The zero-order valence-electron chi connectivity index (χ0n) is 12.5. The van der Waals surface area contributed by atoms with Crippen LogP contribution >= 0.6 is 11.3 Å². The van der Waals surface area contributed by atoms with Crippen LogP contribution < -0.4 is 10.6 Å². The molecule has 3 amide bonds. The highest BCUT2D eigenvalue weighted by atomic mass is 32.1. The summed E-state index contributed by atoms with van der Waals surface area (Å²) in [7, 11) is 0. The molecule has 1 aromatic rings. The first kappa shape index (κ1) is 17.6. The van der Waals surface area contributed by atoms with Gasteiger partial charge in [0, 0.05) is 30.3 Å². The van der Waals surface area contributed by atoms with Crippen molar-refractivity contribution in [3.8, 4) is 0 Å². The van der Waals surface area contributed by atoms with Gasteiger partial charge in [0.05, 0.1) is 6.04 Å². The van der Waals surface area contributed by atoms with E-state index < -0.39 is 30.7 Å². The number of rotatable bonds is 5. The molecule has 1 saturated heterocycles. The minimum absolute atomic E-state index is 0.108. The molecule has 0 aliphatic carbocycles. The van der Waals surface area contributed by atoms with Gasteiger partial charge in [-0.3, -0.25) is 4.79 Å². The third kappa shape index (κ3) is 5.74. The topological polar surface area (TPSA) is 61.4 Å². The zero-order chi connectivity index (χ0) is 17.0. The van der Waals surface area contributed by atoms with Gasteiger partial charge < -0.3 is 15.5 Å². The number of likely N-dealkylation sites (tertiary alicyclic amines) is 1. The standard InChI is InChI=1S/C14H18F3N3O2S/c1-9(5-11-3-2-4-23-11)18-13(22)19-10-6-12(21)20(7-10)8-14(15,16)17/h2-4,9-10H,5-8H2,1H3,(H2,18,19,22)/t9-,10+/m0/s1. The quantitative estimate of drug-likeness (QED) is 0.856. The lowest BCUT2D eigenvalue weighted by Gasteiger charge is -2.19. The summed E-state index contributed by atoms with van der Waals surface area (Å²) in [5.41, 5.74) is 0. The molecular formula is C14H18F3N3O2S. The third-order valence-corrected chi connectivity index (χ3v) is 4.28. The van der Waals surface area contributed by atoms with Gasteiger partial charge in [-0.15, -0.1) is 11.3 Å². The highest BCUT2D eigenvalue weighted by molar-refractivity contribution is 7.09. The van der Waals surface area contributed by atoms with Gasteiger partial charge in [0.2, 0.25) is 5.91 Å². The number of hydrogen-bond donors (Lipinski definition) is 2. The molecule has 0 bridgehead atoms. The van der Waals surface area contributed by atoms with Crippen LogP contribution in [-0.2, 0) is 11.2 Å². The lowest BCUT2D eigenvalue weighted by atomic mass is 10.2. The molecule has 0 spiro atoms. The second kappa shape index (κ2) is 7.20. The first-order chi connectivity index (χ1) is 10.7. The number of nitrogens with one attached hydrogen (secondary N) is 2. The number of alkyl halides is 3. The van der Waals surface area contributed by atoms with Crippen molar-refractivity contribution in [1.29, 1.82) is 0 Å². The second-order valence-electron chi connectivity index (χ2n) is 5.59. The average molecular weight is 349 g/mol. The van der Waals surface area contributed by atoms with E-state index >= 15 is 0 Å². The molecule has 0 aromatic carbocycles. The van der Waals surface area contributed by atoms with Crippen LogP contribution in [0, 0.1) is 0 Å². The molecule has 1 aromatic heterocycles. The molecule has 2 N–H and O–H groups in total. The summed E-state index contributed by atoms with van der Waals surface area (Å²) < 4.78 is 37.0. The molecule has 1 aliphatic rings. The Balaban J connectivity index is 1.76. The number of amides is 3. The van der Waals surface area contributed by atoms with Crippen molar-refractivity contribution in [2.75, 3.05) is 13.1 Å². The molecule has 1 fully saturated rings. The van der Waals surface area contributed by atoms with Crippen molar-refractivity contribution >= 4 is 23.3 Å². The SMILES string of the molecule is C[C@@H](Cc1cccs1)NC(=O)N[C@@H]1CC(=O)N(CC(F)(F)F)C1. The molecule has 1 aliphatic heterocycles. The number of nitrogens with zero attached hydrogens (tertiary/aromatic N) is 1. The lowest BCUT2D eigenvalue weighted by molar-refractivity contribution is -0.157. The third-order valence-electron chi connectivity index (χ3n) is 3.38. The second-order valence-corrected chi connectivity index (χ2v) is 6.63. The van der Waals surface area contributed by atoms with E-state index in [0.717, 1.165) is 9.78 Å². The van der Waals surface area contributed by atoms with Crippen molar-refractivity contribution in [2.24, 2.45) is 0 Å². The van der Waals surface area contributed by atoms with E-state index in [0.29, 0.717) is 6.42 Å². The van der Waals surface area contributed by atoms with Gasteiger partial charge in [0.25, 0.3) is 0 Å². The number of thiophene rings is 1. The predicted molar refractivity (Wildman–Crippen MR) is 80.2 cm³/mol. The molecule has 128 valence electrons. The smallest absolute Gasteiger partial charge is 0.335 e. The molecule has 2 rings (SSSR count). The van der Waals surface area contributed by atoms with Gasteiger partial charge in [-0.05, 0) is 18.4 Å². The van der Waals surface area contributed by atoms with Crippen LogP contribution in [0.15, 0.2) is 17.5 Å². The summed E-state index contributed by atoms with van der Waals surface area (Å²) in [6.45, 7) is 0.445. The van der Waals surface area contributed by atoms with Crippen LogP contribution in [0.3, 0.4) is 0 Å². The maximum Gasteiger partial charge on any atom is 0.406 e. The molecule has 0 radical (unpaired) electrons. The predicted octanol–water partition coefficient (Wildman–Crippen LogP) is 2.14. The van der Waals surface area contributed by atoms with Crippen LogP contribution in [0.2, 0.25) is 0 Å². The Kier molecular flexibility index (Phi) is 5.51. The minimum Gasteiger partial charge on any atom is -0.335 e. The van der Waals surface area contributed by atoms with E-state index in [1.54, 1.807) is 11.3 Å². The Labute approximate surface area is 135 Å². The minimum atomic E-state index is -4.43. The summed E-state index contributed by atoms with van der Waals surface area (Å²) in [5.74, 6) is -0.598. The summed E-state index contributed by atoms with van der Waals surface area (Å²) in [4.78, 5) is 25.3. The maximum absolute atomic E-state index is 12.3. The van der Waals surface area contributed by atoms with E-state index in [1.165, 1.54) is 0 Å². The number of carbonyl (C=O) groups excluding carboxylic acids is 2. The summed E-state index contributed by atoms with van der Waals surface area (Å²) >= 11 is 1.59. The summed E-state index contributed by atoms with van der Waals surface area (Å²) in [5, 5.41) is 7.23. The lowest BCUT2D eigenvalue weighted by Crippen LogP contribution is -2.47. The fourth-order valence-electron chi connectivity index (χ4n) is 2.47. The van der Waals surface area contributed by atoms with Crippen molar-refractivity contribution in [3.63, 3.8) is 0 Å². The van der Waals surface area contributed by atoms with Crippen molar-refractivity contribution in [1.82, 2.24) is 15.5 Å². The molecule has 2 heterocycles. The molecule has 0 unspecified atom stereocenters. The van der Waals surface area contributed by atoms with E-state index in [2.05, 4.69) is 10.6 Å². The van der Waals surface area contributed by atoms with Gasteiger partial charge in [0.1, 0.15) is 6.54 Å². The Morgan fingerprint density at radius 3 is 2.87 bits per heavy atom. The Morgan fingerprint density at radius 2 is 2.26 bits per heavy atom. The van der Waals surface area contributed by atoms with Gasteiger partial charge in [-0.25, -0.2) is 4.79 Å². The first-order valence-corrected chi connectivity index (χ1v) is 8.05. The molecular weight excluding hydrogens is 331 g/mol. The van der Waals surface area contributed by atoms with Crippen LogP contribution in [0.25, 0.3) is 0 Å². The molecule has 5 nitrogen and oxygen atoms in total. The van der Waals surface area contributed by atoms with Crippen molar-refractivity contribution < 1.29 is 22.8 Å². The zero-order valence-corrected chi connectivity index (χ0v) is 13.3. The van der Waals surface area contributed by atoms with E-state index in [4.69, 9.17) is 0 Å². The van der Waals surface area contributed by atoms with E-state index in [9.17, 15) is 22.8 Å². The molecule has 0 saturated carbocycles. The summed E-state index contributed by atoms with van der Waals surface area (Å²) in [6, 6.07) is 2.70. The van der Waals surface area contributed by atoms with Crippen molar-refractivity contribution in [2.45, 2.75) is 38.0 Å². The largest absolute Gasteiger partial charge is 0.406 e. The summed E-state index contributed by atoms with van der Waals surface area (Å²) in [6.07, 6.45) is -3.86. The molecule has 9 heteroatoms. The monoisotopic (exact) mass is 349 g/mol. The van der Waals surface area contributed by atoms with Gasteiger partial charge in [-0.1, -0.05) is 6.07 Å². The Bertz CT molecular complexity index is 548. The van der Waals surface area contributed by atoms with Crippen LogP contribution in [0.4, 0.5) is 18.0 Å². The molecule has 23 heavy (non-hydrogen) atoms. The van der Waals surface area contributed by atoms with E-state index in [1.807, 2.05) is 24.4 Å². The van der Waals surface area contributed by atoms with Gasteiger partial charge in [-0.2, -0.15) is 13.2 Å². The number of carbonyl (C=O) groups is 2. The molecule has 2 atom stereocenters. The van der Waals surface area contributed by atoms with Crippen LogP contribution in [-0.4, -0.2) is 48.2 Å².